The Kier molecular flexibility index (Phi) is 3.29. The fourth-order valence-electron chi connectivity index (χ4n) is 3.16. The Morgan fingerprint density at radius 2 is 2.13 bits per heavy atom. The minimum absolute atomic E-state index is 0.000667. The number of hydrogen-bond donors (Lipinski definition) is 1. The van der Waals surface area contributed by atoms with Gasteiger partial charge in [0.25, 0.3) is 0 Å². The summed E-state index contributed by atoms with van der Waals surface area (Å²) in [6.45, 7) is 2.88. The number of fused-ring (bicyclic) bond motifs is 1. The summed E-state index contributed by atoms with van der Waals surface area (Å²) in [5.74, 6) is 1.07. The molecule has 0 spiro atoms. The largest absolute Gasteiger partial charge is 0.339 e. The molecule has 2 rings (SSSR count). The molecule has 3 heteroatoms. The predicted octanol–water partition coefficient (Wildman–Crippen LogP) is 1.51. The van der Waals surface area contributed by atoms with Crippen molar-refractivity contribution in [2.75, 3.05) is 6.54 Å². The van der Waals surface area contributed by atoms with Crippen molar-refractivity contribution in [3.8, 4) is 0 Å². The maximum absolute atomic E-state index is 12.0. The van der Waals surface area contributed by atoms with Gasteiger partial charge in [-0.3, -0.25) is 4.79 Å². The second kappa shape index (κ2) is 4.52. The van der Waals surface area contributed by atoms with Gasteiger partial charge in [-0.15, -0.1) is 0 Å². The summed E-state index contributed by atoms with van der Waals surface area (Å²) in [7, 11) is 0. The first kappa shape index (κ1) is 10.9. The second-order valence-corrected chi connectivity index (χ2v) is 5.17. The van der Waals surface area contributed by atoms with E-state index in [2.05, 4.69) is 4.90 Å². The molecule has 3 nitrogen and oxygen atoms in total. The highest BCUT2D eigenvalue weighted by Crippen LogP contribution is 2.36. The SMILES string of the molecule is CC(N)CC(=O)N1CCCC2CCCC21. The van der Waals surface area contributed by atoms with Crippen LogP contribution in [0.25, 0.3) is 0 Å². The molecule has 0 aromatic heterocycles. The molecule has 1 aliphatic carbocycles. The molecular weight excluding hydrogens is 188 g/mol. The molecule has 0 aromatic carbocycles. The van der Waals surface area contributed by atoms with E-state index in [1.54, 1.807) is 0 Å². The van der Waals surface area contributed by atoms with E-state index in [9.17, 15) is 4.79 Å². The maximum atomic E-state index is 12.0. The number of rotatable bonds is 2. The summed E-state index contributed by atoms with van der Waals surface area (Å²) in [5.41, 5.74) is 5.69. The maximum Gasteiger partial charge on any atom is 0.224 e. The number of nitrogens with two attached hydrogens (primary N) is 1. The Hall–Kier alpha value is -0.570. The fourth-order valence-corrected chi connectivity index (χ4v) is 3.16. The lowest BCUT2D eigenvalue weighted by Gasteiger charge is -2.38. The van der Waals surface area contributed by atoms with E-state index < -0.39 is 0 Å². The summed E-state index contributed by atoms with van der Waals surface area (Å²) >= 11 is 0. The van der Waals surface area contributed by atoms with Gasteiger partial charge in [0, 0.05) is 25.0 Å². The molecule has 2 fully saturated rings. The number of hydrogen-bond acceptors (Lipinski definition) is 2. The number of amides is 1. The smallest absolute Gasteiger partial charge is 0.224 e. The average molecular weight is 210 g/mol. The van der Waals surface area contributed by atoms with Crippen molar-refractivity contribution in [1.82, 2.24) is 4.90 Å². The lowest BCUT2D eigenvalue weighted by Crippen LogP contribution is -2.47. The molecule has 2 aliphatic rings. The van der Waals surface area contributed by atoms with Gasteiger partial charge < -0.3 is 10.6 Å². The molecule has 1 aliphatic heterocycles. The molecule has 1 heterocycles. The van der Waals surface area contributed by atoms with Gasteiger partial charge in [-0.2, -0.15) is 0 Å². The van der Waals surface area contributed by atoms with Crippen LogP contribution in [-0.4, -0.2) is 29.4 Å². The molecule has 0 radical (unpaired) electrons. The normalized spacial score (nSPS) is 32.5. The molecule has 1 amide bonds. The first-order valence-electron chi connectivity index (χ1n) is 6.23. The van der Waals surface area contributed by atoms with Crippen LogP contribution >= 0.6 is 0 Å². The summed E-state index contributed by atoms with van der Waals surface area (Å²) in [6.07, 6.45) is 6.88. The molecule has 0 bridgehead atoms. The van der Waals surface area contributed by atoms with Crippen molar-refractivity contribution in [1.29, 1.82) is 0 Å². The van der Waals surface area contributed by atoms with Crippen molar-refractivity contribution in [2.24, 2.45) is 11.7 Å². The van der Waals surface area contributed by atoms with Crippen molar-refractivity contribution in [3.05, 3.63) is 0 Å². The van der Waals surface area contributed by atoms with Gasteiger partial charge in [0.2, 0.25) is 5.91 Å². The Morgan fingerprint density at radius 3 is 2.87 bits per heavy atom. The monoisotopic (exact) mass is 210 g/mol. The highest BCUT2D eigenvalue weighted by molar-refractivity contribution is 5.77. The summed E-state index contributed by atoms with van der Waals surface area (Å²) in [6, 6.07) is 0.546. The van der Waals surface area contributed by atoms with Crippen LogP contribution in [0, 0.1) is 5.92 Å². The average Bonchev–Trinajstić information content (AvgIpc) is 2.63. The van der Waals surface area contributed by atoms with Crippen LogP contribution in [0.5, 0.6) is 0 Å². The van der Waals surface area contributed by atoms with E-state index in [0.29, 0.717) is 12.5 Å². The molecular formula is C12H22N2O. The zero-order valence-electron chi connectivity index (χ0n) is 9.61. The molecule has 1 saturated heterocycles. The van der Waals surface area contributed by atoms with Crippen LogP contribution in [0.15, 0.2) is 0 Å². The third kappa shape index (κ3) is 2.33. The zero-order valence-corrected chi connectivity index (χ0v) is 9.61. The van der Waals surface area contributed by atoms with Crippen molar-refractivity contribution in [3.63, 3.8) is 0 Å². The lowest BCUT2D eigenvalue weighted by atomic mass is 9.91. The Balaban J connectivity index is 1.98. The number of piperidine rings is 1. The van der Waals surface area contributed by atoms with Crippen LogP contribution in [0.3, 0.4) is 0 Å². The minimum atomic E-state index is -0.000667. The Labute approximate surface area is 92.0 Å². The predicted molar refractivity (Wildman–Crippen MR) is 60.3 cm³/mol. The molecule has 86 valence electrons. The standard InChI is InChI=1S/C12H22N2O/c1-9(13)8-12(15)14-7-3-5-10-4-2-6-11(10)14/h9-11H,2-8,13H2,1H3. The third-order valence-electron chi connectivity index (χ3n) is 3.81. The van der Waals surface area contributed by atoms with Gasteiger partial charge >= 0.3 is 0 Å². The van der Waals surface area contributed by atoms with Crippen molar-refractivity contribution in [2.45, 2.75) is 57.5 Å². The van der Waals surface area contributed by atoms with E-state index in [0.717, 1.165) is 12.5 Å². The minimum Gasteiger partial charge on any atom is -0.339 e. The van der Waals surface area contributed by atoms with Crippen LogP contribution in [0.1, 0.15) is 45.4 Å². The van der Waals surface area contributed by atoms with E-state index in [1.165, 1.54) is 32.1 Å². The van der Waals surface area contributed by atoms with Crippen LogP contribution in [0.2, 0.25) is 0 Å². The number of carbonyl (C=O) groups excluding carboxylic acids is 1. The number of nitrogens with zero attached hydrogens (tertiary/aromatic N) is 1. The Morgan fingerprint density at radius 1 is 1.40 bits per heavy atom. The van der Waals surface area contributed by atoms with Crippen molar-refractivity contribution >= 4 is 5.91 Å². The topological polar surface area (TPSA) is 46.3 Å². The summed E-state index contributed by atoms with van der Waals surface area (Å²) in [4.78, 5) is 14.1. The Bertz CT molecular complexity index is 240. The second-order valence-electron chi connectivity index (χ2n) is 5.17. The quantitative estimate of drug-likeness (QED) is 0.751. The van der Waals surface area contributed by atoms with Gasteiger partial charge in [0.1, 0.15) is 0 Å². The zero-order chi connectivity index (χ0) is 10.8. The van der Waals surface area contributed by atoms with Gasteiger partial charge in [0.15, 0.2) is 0 Å². The molecule has 2 N–H and O–H groups in total. The molecule has 3 unspecified atom stereocenters. The van der Waals surface area contributed by atoms with Crippen LogP contribution < -0.4 is 5.73 Å². The van der Waals surface area contributed by atoms with Crippen molar-refractivity contribution < 1.29 is 4.79 Å². The van der Waals surface area contributed by atoms with E-state index >= 15 is 0 Å². The first-order valence-corrected chi connectivity index (χ1v) is 6.23. The molecule has 15 heavy (non-hydrogen) atoms. The number of likely N-dealkylation sites (tertiary alicyclic amines) is 1. The first-order chi connectivity index (χ1) is 7.18. The highest BCUT2D eigenvalue weighted by atomic mass is 16.2. The lowest BCUT2D eigenvalue weighted by molar-refractivity contribution is -0.136. The highest BCUT2D eigenvalue weighted by Gasteiger charge is 2.37. The van der Waals surface area contributed by atoms with Gasteiger partial charge in [0.05, 0.1) is 0 Å². The van der Waals surface area contributed by atoms with E-state index in [4.69, 9.17) is 5.73 Å². The van der Waals surface area contributed by atoms with Gasteiger partial charge in [-0.25, -0.2) is 0 Å². The summed E-state index contributed by atoms with van der Waals surface area (Å²) in [5, 5.41) is 0. The molecule has 3 atom stereocenters. The van der Waals surface area contributed by atoms with E-state index in [-0.39, 0.29) is 11.9 Å². The molecule has 1 saturated carbocycles. The summed E-state index contributed by atoms with van der Waals surface area (Å²) < 4.78 is 0. The van der Waals surface area contributed by atoms with Crippen LogP contribution in [-0.2, 0) is 4.79 Å². The van der Waals surface area contributed by atoms with Crippen LogP contribution in [0.4, 0.5) is 0 Å². The fraction of sp³-hybridized carbons (Fsp3) is 0.917. The van der Waals surface area contributed by atoms with Gasteiger partial charge in [-0.05, 0) is 38.5 Å². The van der Waals surface area contributed by atoms with Gasteiger partial charge in [-0.1, -0.05) is 6.42 Å². The third-order valence-corrected chi connectivity index (χ3v) is 3.81. The van der Waals surface area contributed by atoms with E-state index in [1.807, 2.05) is 6.92 Å². The number of carbonyl (C=O) groups is 1. The molecule has 0 aromatic rings.